The monoisotopic (exact) mass is 337 g/mol. The van der Waals surface area contributed by atoms with Gasteiger partial charge in [0, 0.05) is 18.0 Å². The molecule has 3 rings (SSSR count). The lowest BCUT2D eigenvalue weighted by Crippen LogP contribution is -1.97. The average Bonchev–Trinajstić information content (AvgIpc) is 3.04. The zero-order valence-corrected chi connectivity index (χ0v) is 12.7. The largest absolute Gasteiger partial charge is 0.287 e. The van der Waals surface area contributed by atoms with Crippen LogP contribution in [0.15, 0.2) is 22.3 Å². The normalized spacial score (nSPS) is 15.3. The van der Waals surface area contributed by atoms with Gasteiger partial charge in [0.25, 0.3) is 0 Å². The highest BCUT2D eigenvalue weighted by Gasteiger charge is 2.27. The number of hydrogen-bond donors (Lipinski definition) is 0. The zero-order valence-electron chi connectivity index (χ0n) is 10.3. The molecule has 6 heteroatoms. The summed E-state index contributed by atoms with van der Waals surface area (Å²) in [6, 6.07) is 0. The summed E-state index contributed by atoms with van der Waals surface area (Å²) in [5, 5.41) is 6.57. The third kappa shape index (κ3) is 2.69. The number of carbonyl (C=O) groups is 1. The van der Waals surface area contributed by atoms with Gasteiger partial charge in [0.2, 0.25) is 5.78 Å². The summed E-state index contributed by atoms with van der Waals surface area (Å²) in [5.41, 5.74) is 2.26. The van der Waals surface area contributed by atoms with Crippen molar-refractivity contribution in [3.63, 3.8) is 0 Å². The van der Waals surface area contributed by atoms with Crippen molar-refractivity contribution in [3.8, 4) is 0 Å². The Labute approximate surface area is 123 Å². The summed E-state index contributed by atoms with van der Waals surface area (Å²) in [4.78, 5) is 16.1. The van der Waals surface area contributed by atoms with Gasteiger partial charge in [-0.15, -0.1) is 11.3 Å². The van der Waals surface area contributed by atoms with Crippen LogP contribution in [0, 0.1) is 0 Å². The van der Waals surface area contributed by atoms with E-state index >= 15 is 0 Å². The van der Waals surface area contributed by atoms with E-state index in [0.717, 1.165) is 5.69 Å². The molecule has 19 heavy (non-hydrogen) atoms. The minimum absolute atomic E-state index is 0.0707. The van der Waals surface area contributed by atoms with Crippen molar-refractivity contribution in [3.05, 3.63) is 38.5 Å². The maximum Gasteiger partial charge on any atom is 0.214 e. The number of thiazole rings is 1. The maximum atomic E-state index is 12.0. The molecule has 2 aromatic heterocycles. The molecule has 0 amide bonds. The summed E-state index contributed by atoms with van der Waals surface area (Å²) in [6.45, 7) is 0. The molecule has 0 saturated heterocycles. The van der Waals surface area contributed by atoms with Crippen LogP contribution < -0.4 is 0 Å². The minimum Gasteiger partial charge on any atom is -0.287 e. The van der Waals surface area contributed by atoms with Gasteiger partial charge in [-0.25, -0.2) is 4.98 Å². The van der Waals surface area contributed by atoms with E-state index in [-0.39, 0.29) is 5.78 Å². The smallest absolute Gasteiger partial charge is 0.214 e. The van der Waals surface area contributed by atoms with Crippen LogP contribution in [-0.2, 0) is 7.05 Å². The van der Waals surface area contributed by atoms with E-state index in [9.17, 15) is 4.79 Å². The van der Waals surface area contributed by atoms with Crippen molar-refractivity contribution in [1.82, 2.24) is 14.8 Å². The van der Waals surface area contributed by atoms with Crippen LogP contribution in [0.2, 0.25) is 0 Å². The van der Waals surface area contributed by atoms with Gasteiger partial charge in [0.1, 0.15) is 4.60 Å². The van der Waals surface area contributed by atoms with E-state index in [2.05, 4.69) is 26.0 Å². The Morgan fingerprint density at radius 3 is 3.00 bits per heavy atom. The number of carbonyl (C=O) groups excluding carboxylic acids is 1. The Kier molecular flexibility index (Phi) is 3.36. The molecule has 2 heterocycles. The Balaban J connectivity index is 1.82. The van der Waals surface area contributed by atoms with E-state index in [1.807, 2.05) is 24.0 Å². The molecule has 2 aromatic rings. The Hall–Kier alpha value is -1.27. The van der Waals surface area contributed by atoms with Gasteiger partial charge in [0.05, 0.1) is 11.9 Å². The quantitative estimate of drug-likeness (QED) is 0.634. The first-order valence-corrected chi connectivity index (χ1v) is 7.68. The van der Waals surface area contributed by atoms with Crippen LogP contribution in [0.25, 0.3) is 6.08 Å². The fraction of sp³-hybridized carbons (Fsp3) is 0.308. The summed E-state index contributed by atoms with van der Waals surface area (Å²) < 4.78 is 2.52. The highest BCUT2D eigenvalue weighted by Crippen LogP contribution is 2.41. The molecule has 1 saturated carbocycles. The highest BCUT2D eigenvalue weighted by atomic mass is 79.9. The number of hydrogen-bond acceptors (Lipinski definition) is 4. The number of allylic oxidation sites excluding steroid dienone is 1. The lowest BCUT2D eigenvalue weighted by molar-refractivity contribution is 0.104. The van der Waals surface area contributed by atoms with Crippen LogP contribution in [0.4, 0.5) is 0 Å². The Morgan fingerprint density at radius 1 is 1.58 bits per heavy atom. The number of aryl methyl sites for hydroxylation is 1. The molecule has 4 nitrogen and oxygen atoms in total. The lowest BCUT2D eigenvalue weighted by atomic mass is 10.1. The van der Waals surface area contributed by atoms with Gasteiger partial charge in [-0.1, -0.05) is 0 Å². The number of aromatic nitrogens is 3. The molecular weight excluding hydrogens is 326 g/mol. The van der Waals surface area contributed by atoms with Gasteiger partial charge < -0.3 is 0 Å². The van der Waals surface area contributed by atoms with Crippen molar-refractivity contribution in [1.29, 1.82) is 0 Å². The van der Waals surface area contributed by atoms with Crippen molar-refractivity contribution < 1.29 is 4.79 Å². The predicted molar refractivity (Wildman–Crippen MR) is 78.4 cm³/mol. The SMILES string of the molecule is Cn1ncc(C2CC2)c1C=CC(=O)c1nc(Br)cs1. The molecule has 0 aromatic carbocycles. The fourth-order valence-corrected chi connectivity index (χ4v) is 3.14. The molecule has 0 N–H and O–H groups in total. The van der Waals surface area contributed by atoms with E-state index in [1.54, 1.807) is 11.5 Å². The third-order valence-electron chi connectivity index (χ3n) is 3.11. The lowest BCUT2D eigenvalue weighted by Gasteiger charge is -1.98. The summed E-state index contributed by atoms with van der Waals surface area (Å²) >= 11 is 4.59. The van der Waals surface area contributed by atoms with Crippen molar-refractivity contribution in [2.75, 3.05) is 0 Å². The molecule has 0 atom stereocenters. The van der Waals surface area contributed by atoms with Gasteiger partial charge in [-0.05, 0) is 46.8 Å². The molecule has 98 valence electrons. The second-order valence-corrected chi connectivity index (χ2v) is 6.23. The summed E-state index contributed by atoms with van der Waals surface area (Å²) in [5.74, 6) is 0.552. The third-order valence-corrected chi connectivity index (χ3v) is 4.68. The van der Waals surface area contributed by atoms with Gasteiger partial charge in [0.15, 0.2) is 5.01 Å². The second-order valence-electron chi connectivity index (χ2n) is 4.56. The first-order chi connectivity index (χ1) is 9.15. The average molecular weight is 338 g/mol. The fourth-order valence-electron chi connectivity index (χ4n) is 1.97. The summed E-state index contributed by atoms with van der Waals surface area (Å²) in [6.07, 6.45) is 7.77. The van der Waals surface area contributed by atoms with Gasteiger partial charge in [-0.3, -0.25) is 9.48 Å². The first kappa shape index (κ1) is 12.7. The molecular formula is C13H12BrN3OS. The van der Waals surface area contributed by atoms with Crippen LogP contribution >= 0.6 is 27.3 Å². The Bertz CT molecular complexity index is 655. The molecule has 0 spiro atoms. The molecule has 1 aliphatic carbocycles. The van der Waals surface area contributed by atoms with E-state index in [0.29, 0.717) is 15.5 Å². The van der Waals surface area contributed by atoms with Crippen molar-refractivity contribution in [2.45, 2.75) is 18.8 Å². The van der Waals surface area contributed by atoms with Crippen molar-refractivity contribution in [2.24, 2.45) is 7.05 Å². The topological polar surface area (TPSA) is 47.8 Å². The predicted octanol–water partition coefficient (Wildman–Crippen LogP) is 3.41. The highest BCUT2D eigenvalue weighted by molar-refractivity contribution is 9.10. The van der Waals surface area contributed by atoms with E-state index in [1.165, 1.54) is 29.7 Å². The summed E-state index contributed by atoms with van der Waals surface area (Å²) in [7, 11) is 1.90. The molecule has 1 aliphatic rings. The molecule has 1 fully saturated rings. The first-order valence-electron chi connectivity index (χ1n) is 6.00. The number of rotatable bonds is 4. The number of ketones is 1. The molecule has 0 bridgehead atoms. The number of nitrogens with zero attached hydrogens (tertiary/aromatic N) is 3. The van der Waals surface area contributed by atoms with Crippen molar-refractivity contribution >= 4 is 39.1 Å². The second kappa shape index (κ2) is 5.02. The number of halogens is 1. The van der Waals surface area contributed by atoms with Crippen LogP contribution in [0.5, 0.6) is 0 Å². The molecule has 0 unspecified atom stereocenters. The standard InChI is InChI=1S/C13H12BrN3OS/c1-17-10(9(6-15-17)8-2-3-8)4-5-11(18)13-16-12(14)7-19-13/h4-8H,2-3H2,1H3. The molecule has 0 aliphatic heterocycles. The Morgan fingerprint density at radius 2 is 2.37 bits per heavy atom. The van der Waals surface area contributed by atoms with Crippen LogP contribution in [0.3, 0.4) is 0 Å². The van der Waals surface area contributed by atoms with Crippen LogP contribution in [0.1, 0.15) is 39.8 Å². The van der Waals surface area contributed by atoms with Crippen LogP contribution in [-0.4, -0.2) is 20.5 Å². The van der Waals surface area contributed by atoms with Gasteiger partial charge >= 0.3 is 0 Å². The minimum atomic E-state index is -0.0707. The maximum absolute atomic E-state index is 12.0. The van der Waals surface area contributed by atoms with E-state index in [4.69, 9.17) is 0 Å². The molecule has 0 radical (unpaired) electrons. The zero-order chi connectivity index (χ0) is 13.4. The van der Waals surface area contributed by atoms with Gasteiger partial charge in [-0.2, -0.15) is 5.10 Å². The van der Waals surface area contributed by atoms with E-state index < -0.39 is 0 Å².